The minimum Gasteiger partial charge on any atom is -0.310 e. The maximum atomic E-state index is 2.36. The van der Waals surface area contributed by atoms with E-state index >= 15 is 0 Å². The summed E-state index contributed by atoms with van der Waals surface area (Å²) >= 11 is 3.73. The third-order valence-corrected chi connectivity index (χ3v) is 10.7. The van der Waals surface area contributed by atoms with Gasteiger partial charge in [-0.2, -0.15) is 0 Å². The van der Waals surface area contributed by atoms with E-state index in [1.807, 2.05) is 22.7 Å². The number of anilines is 3. The largest absolute Gasteiger partial charge is 0.310 e. The van der Waals surface area contributed by atoms with Crippen molar-refractivity contribution in [2.45, 2.75) is 0 Å². The number of para-hydroxylation sites is 1. The number of rotatable bonds is 4. The van der Waals surface area contributed by atoms with E-state index in [2.05, 4.69) is 157 Å². The van der Waals surface area contributed by atoms with Gasteiger partial charge in [0.05, 0.1) is 0 Å². The van der Waals surface area contributed by atoms with E-state index < -0.39 is 0 Å². The molecular weight excluding hydrogens is 559 g/mol. The summed E-state index contributed by atoms with van der Waals surface area (Å²) < 4.78 is 5.33. The van der Waals surface area contributed by atoms with Crippen LogP contribution in [0.4, 0.5) is 17.1 Å². The van der Waals surface area contributed by atoms with E-state index in [1.165, 1.54) is 62.2 Å². The fourth-order valence-electron chi connectivity index (χ4n) is 6.33. The average Bonchev–Trinajstić information content (AvgIpc) is 3.62. The minimum atomic E-state index is 1.14. The van der Waals surface area contributed by atoms with Gasteiger partial charge in [0.15, 0.2) is 0 Å². The Morgan fingerprint density at radius 1 is 0.326 bits per heavy atom. The predicted molar refractivity (Wildman–Crippen MR) is 190 cm³/mol. The Balaban J connectivity index is 1.12. The second kappa shape index (κ2) is 9.81. The Bertz CT molecular complexity index is 2450. The topological polar surface area (TPSA) is 3.24 Å². The molecule has 0 spiro atoms. The second-order valence-electron chi connectivity index (χ2n) is 11.0. The zero-order valence-electron chi connectivity index (χ0n) is 23.2. The molecule has 2 heterocycles. The van der Waals surface area contributed by atoms with Crippen LogP contribution in [0.2, 0.25) is 0 Å². The first-order chi connectivity index (χ1) is 21.3. The molecule has 0 radical (unpaired) electrons. The summed E-state index contributed by atoms with van der Waals surface area (Å²) in [6.07, 6.45) is 0. The van der Waals surface area contributed by atoms with Gasteiger partial charge in [-0.25, -0.2) is 0 Å². The van der Waals surface area contributed by atoms with Crippen LogP contribution in [0.3, 0.4) is 0 Å². The number of fused-ring (bicyclic) bond motifs is 7. The van der Waals surface area contributed by atoms with Gasteiger partial charge in [0.1, 0.15) is 0 Å². The Kier molecular flexibility index (Phi) is 5.62. The number of hydrogen-bond acceptors (Lipinski definition) is 3. The van der Waals surface area contributed by atoms with Crippen molar-refractivity contribution in [3.63, 3.8) is 0 Å². The summed E-state index contributed by atoms with van der Waals surface area (Å²) in [6.45, 7) is 0. The molecule has 1 nitrogen and oxygen atoms in total. The van der Waals surface area contributed by atoms with Crippen molar-refractivity contribution in [2.24, 2.45) is 0 Å². The normalized spacial score (nSPS) is 11.7. The molecule has 202 valence electrons. The van der Waals surface area contributed by atoms with Gasteiger partial charge in [0.25, 0.3) is 0 Å². The predicted octanol–water partition coefficient (Wildman–Crippen LogP) is 12.7. The van der Waals surface area contributed by atoms with Gasteiger partial charge in [-0.05, 0) is 88.6 Å². The lowest BCUT2D eigenvalue weighted by Crippen LogP contribution is -2.09. The summed E-state index contributed by atoms with van der Waals surface area (Å²) in [5, 5.41) is 7.89. The molecule has 0 bridgehead atoms. The molecule has 0 saturated heterocycles. The van der Waals surface area contributed by atoms with Crippen LogP contribution in [0, 0.1) is 0 Å². The van der Waals surface area contributed by atoms with Crippen LogP contribution in [-0.2, 0) is 0 Å². The fourth-order valence-corrected chi connectivity index (χ4v) is 8.60. The lowest BCUT2D eigenvalue weighted by molar-refractivity contribution is 1.29. The standard InChI is InChI=1S/C40H25NS2/c1-2-8-30(9-3-1)41(32-20-21-35-33-10-4-6-12-37(33)43-40(35)25-32)31-18-16-26(17-19-31)27-14-15-28-24-39-36(23-29(28)22-27)34-11-5-7-13-38(34)42-39/h1-25H. The van der Waals surface area contributed by atoms with Gasteiger partial charge < -0.3 is 4.90 Å². The van der Waals surface area contributed by atoms with Gasteiger partial charge in [0, 0.05) is 57.4 Å². The molecule has 0 N–H and O–H groups in total. The average molecular weight is 584 g/mol. The lowest BCUT2D eigenvalue weighted by atomic mass is 9.99. The Morgan fingerprint density at radius 3 is 1.67 bits per heavy atom. The highest BCUT2D eigenvalue weighted by atomic mass is 32.1. The first kappa shape index (κ1) is 24.6. The van der Waals surface area contributed by atoms with Gasteiger partial charge >= 0.3 is 0 Å². The molecule has 7 aromatic carbocycles. The van der Waals surface area contributed by atoms with E-state index in [0.29, 0.717) is 0 Å². The molecule has 9 rings (SSSR count). The number of thiophene rings is 2. The summed E-state index contributed by atoms with van der Waals surface area (Å²) in [5.74, 6) is 0. The van der Waals surface area contributed by atoms with Crippen molar-refractivity contribution < 1.29 is 0 Å². The smallest absolute Gasteiger partial charge is 0.0476 e. The van der Waals surface area contributed by atoms with Gasteiger partial charge in [-0.15, -0.1) is 22.7 Å². The molecule has 0 aliphatic rings. The summed E-state index contributed by atoms with van der Waals surface area (Å²) in [7, 11) is 0. The zero-order chi connectivity index (χ0) is 28.3. The molecule has 0 unspecified atom stereocenters. The molecule has 0 saturated carbocycles. The first-order valence-electron chi connectivity index (χ1n) is 14.5. The minimum absolute atomic E-state index is 1.14. The number of hydrogen-bond donors (Lipinski definition) is 0. The van der Waals surface area contributed by atoms with E-state index in [4.69, 9.17) is 0 Å². The third-order valence-electron chi connectivity index (χ3n) is 8.43. The highest BCUT2D eigenvalue weighted by Crippen LogP contribution is 2.41. The monoisotopic (exact) mass is 583 g/mol. The van der Waals surface area contributed by atoms with Crippen LogP contribution in [-0.4, -0.2) is 0 Å². The molecule has 0 amide bonds. The maximum Gasteiger partial charge on any atom is 0.0476 e. The van der Waals surface area contributed by atoms with Crippen molar-refractivity contribution in [3.05, 3.63) is 152 Å². The Hall–Kier alpha value is -4.96. The number of nitrogens with zero attached hydrogens (tertiary/aromatic N) is 1. The molecule has 2 aromatic heterocycles. The molecular formula is C40H25NS2. The quantitative estimate of drug-likeness (QED) is 0.199. The third kappa shape index (κ3) is 4.12. The SMILES string of the molecule is c1ccc(N(c2ccc(-c3ccc4cc5sc6ccccc6c5cc4c3)cc2)c2ccc3c(c2)sc2ccccc23)cc1. The zero-order valence-corrected chi connectivity index (χ0v) is 24.8. The molecule has 0 aliphatic carbocycles. The Morgan fingerprint density at radius 2 is 0.907 bits per heavy atom. The lowest BCUT2D eigenvalue weighted by Gasteiger charge is -2.25. The van der Waals surface area contributed by atoms with E-state index in [1.54, 1.807) is 0 Å². The van der Waals surface area contributed by atoms with Crippen LogP contribution in [0.5, 0.6) is 0 Å². The summed E-state index contributed by atoms with van der Waals surface area (Å²) in [5.41, 5.74) is 5.90. The summed E-state index contributed by atoms with van der Waals surface area (Å²) in [4.78, 5) is 2.35. The van der Waals surface area contributed by atoms with Crippen LogP contribution >= 0.6 is 22.7 Å². The van der Waals surface area contributed by atoms with Gasteiger partial charge in [0.2, 0.25) is 0 Å². The van der Waals surface area contributed by atoms with Crippen molar-refractivity contribution in [1.29, 1.82) is 0 Å². The Labute approximate surface area is 257 Å². The molecule has 43 heavy (non-hydrogen) atoms. The fraction of sp³-hybridized carbons (Fsp3) is 0. The van der Waals surface area contributed by atoms with E-state index in [0.717, 1.165) is 17.1 Å². The van der Waals surface area contributed by atoms with Crippen LogP contribution < -0.4 is 4.90 Å². The molecule has 0 atom stereocenters. The highest BCUT2D eigenvalue weighted by Gasteiger charge is 2.15. The maximum absolute atomic E-state index is 2.36. The second-order valence-corrected chi connectivity index (χ2v) is 13.2. The first-order valence-corrected chi connectivity index (χ1v) is 16.1. The van der Waals surface area contributed by atoms with Gasteiger partial charge in [-0.3, -0.25) is 0 Å². The van der Waals surface area contributed by atoms with Crippen molar-refractivity contribution in [2.75, 3.05) is 4.90 Å². The van der Waals surface area contributed by atoms with Crippen molar-refractivity contribution in [1.82, 2.24) is 0 Å². The summed E-state index contributed by atoms with van der Waals surface area (Å²) in [6, 6.07) is 55.5. The van der Waals surface area contributed by atoms with Crippen LogP contribution in [0.25, 0.3) is 62.2 Å². The van der Waals surface area contributed by atoms with Crippen molar-refractivity contribution in [3.8, 4) is 11.1 Å². The molecule has 9 aromatic rings. The highest BCUT2D eigenvalue weighted by molar-refractivity contribution is 7.26. The molecule has 0 aliphatic heterocycles. The van der Waals surface area contributed by atoms with Crippen LogP contribution in [0.15, 0.2) is 152 Å². The molecule has 3 heteroatoms. The van der Waals surface area contributed by atoms with E-state index in [9.17, 15) is 0 Å². The van der Waals surface area contributed by atoms with Gasteiger partial charge in [-0.1, -0.05) is 84.9 Å². The van der Waals surface area contributed by atoms with Crippen molar-refractivity contribution >= 4 is 90.9 Å². The molecule has 0 fully saturated rings. The van der Waals surface area contributed by atoms with Crippen LogP contribution in [0.1, 0.15) is 0 Å². The van der Waals surface area contributed by atoms with E-state index in [-0.39, 0.29) is 0 Å². The number of benzene rings is 7.